The molecule has 36 nitrogen and oxygen atoms in total. The molecule has 86 heavy (non-hydrogen) atoms. The normalized spacial score (nSPS) is 32.8. The molecule has 18 N–H and O–H groups in total. The minimum Gasteiger partial charge on any atom is -0.492 e. The smallest absolute Gasteiger partial charge is 0.338 e. The van der Waals surface area contributed by atoms with Crippen LogP contribution in [0.4, 0.5) is 0 Å². The maximum absolute atomic E-state index is 12.4. The Bertz CT molecular complexity index is 2080. The SMILES string of the molecule is COC(=O)c1cc(OCCNC(=O)COCC(=O)NCCCO[C@@H]2O[C@H](CO)[C@H](O[C@H]3O[C@H](CO)[C@H](O)[C@H](O)[C@H]3O)[C@H](O)[C@H]2O)cc(OCCNC(=O)COCC(=O)NCCCO[C@@H]2O[C@H](CO)[C@H](O[C@H]3O[C@H](CO)[C@H](O)[C@H](O)[C@H]3O)[C@H](O)[C@H]2O)c1. The number of hydrogen-bond acceptors (Lipinski definition) is 32. The number of hydrogen-bond donors (Lipinski definition) is 18. The lowest BCUT2D eigenvalue weighted by Gasteiger charge is -2.45. The second-order valence-electron chi connectivity index (χ2n) is 19.7. The topological polar surface area (TPSA) is 537 Å². The molecule has 20 atom stereocenters. The van der Waals surface area contributed by atoms with Crippen molar-refractivity contribution >= 4 is 29.6 Å². The number of nitrogens with one attached hydrogen (secondary N) is 4. The van der Waals surface area contributed by atoms with Gasteiger partial charge in [0.2, 0.25) is 23.6 Å². The Hall–Kier alpha value is -4.79. The fraction of sp³-hybridized carbons (Fsp3) is 0.780. The van der Waals surface area contributed by atoms with Gasteiger partial charge in [0, 0.05) is 19.2 Å². The van der Waals surface area contributed by atoms with Crippen LogP contribution in [0, 0.1) is 0 Å². The molecule has 0 saturated carbocycles. The molecule has 4 amide bonds. The fourth-order valence-electron chi connectivity index (χ4n) is 8.75. The van der Waals surface area contributed by atoms with Gasteiger partial charge >= 0.3 is 5.97 Å². The number of aliphatic hydroxyl groups excluding tert-OH is 14. The molecule has 0 unspecified atom stereocenters. The van der Waals surface area contributed by atoms with Crippen LogP contribution < -0.4 is 30.7 Å². The third-order valence-electron chi connectivity index (χ3n) is 13.4. The number of ether oxygens (including phenoxy) is 13. The third-order valence-corrected chi connectivity index (χ3v) is 13.4. The Morgan fingerprint density at radius 2 is 0.756 bits per heavy atom. The van der Waals surface area contributed by atoms with Crippen molar-refractivity contribution < 1.29 is 157 Å². The van der Waals surface area contributed by atoms with Crippen molar-refractivity contribution in [2.45, 2.75) is 136 Å². The molecule has 4 saturated heterocycles. The van der Waals surface area contributed by atoms with Crippen molar-refractivity contribution in [1.82, 2.24) is 21.3 Å². The summed E-state index contributed by atoms with van der Waals surface area (Å²) in [6, 6.07) is 4.19. The molecule has 0 aromatic heterocycles. The molecular weight excluding hydrogens is 1170 g/mol. The summed E-state index contributed by atoms with van der Waals surface area (Å²) >= 11 is 0. The number of methoxy groups -OCH3 is 1. The highest BCUT2D eigenvalue weighted by Crippen LogP contribution is 2.32. The minimum absolute atomic E-state index is 0.0250. The molecule has 0 radical (unpaired) electrons. The van der Waals surface area contributed by atoms with Crippen LogP contribution in [0.25, 0.3) is 0 Å². The highest BCUT2D eigenvalue weighted by molar-refractivity contribution is 5.90. The van der Waals surface area contributed by atoms with Crippen LogP contribution in [0.1, 0.15) is 23.2 Å². The van der Waals surface area contributed by atoms with Gasteiger partial charge in [-0.2, -0.15) is 0 Å². The van der Waals surface area contributed by atoms with E-state index in [2.05, 4.69) is 21.3 Å². The maximum atomic E-state index is 12.4. The molecule has 4 fully saturated rings. The van der Waals surface area contributed by atoms with E-state index >= 15 is 0 Å². The van der Waals surface area contributed by atoms with Crippen LogP contribution >= 0.6 is 0 Å². The van der Waals surface area contributed by atoms with E-state index in [1.807, 2.05) is 0 Å². The van der Waals surface area contributed by atoms with Crippen LogP contribution in [0.2, 0.25) is 0 Å². The van der Waals surface area contributed by atoms with Crippen molar-refractivity contribution in [2.75, 3.05) is 113 Å². The molecule has 0 bridgehead atoms. The van der Waals surface area contributed by atoms with Gasteiger partial charge in [0.05, 0.1) is 65.4 Å². The maximum Gasteiger partial charge on any atom is 0.338 e. The van der Waals surface area contributed by atoms with E-state index in [1.54, 1.807) is 0 Å². The zero-order valence-electron chi connectivity index (χ0n) is 46.6. The fourth-order valence-corrected chi connectivity index (χ4v) is 8.75. The van der Waals surface area contributed by atoms with Crippen molar-refractivity contribution in [3.63, 3.8) is 0 Å². The number of aliphatic hydroxyl groups is 14. The number of carbonyl (C=O) groups is 5. The van der Waals surface area contributed by atoms with E-state index in [1.165, 1.54) is 25.3 Å². The van der Waals surface area contributed by atoms with Gasteiger partial charge in [-0.05, 0) is 25.0 Å². The van der Waals surface area contributed by atoms with E-state index in [0.29, 0.717) is 0 Å². The van der Waals surface area contributed by atoms with Gasteiger partial charge in [0.25, 0.3) is 0 Å². The molecule has 5 rings (SSSR count). The first kappa shape index (κ1) is 72.0. The second-order valence-corrected chi connectivity index (χ2v) is 19.7. The average molecular weight is 1250 g/mol. The largest absolute Gasteiger partial charge is 0.492 e. The zero-order chi connectivity index (χ0) is 63.0. The Balaban J connectivity index is 0.883. The Labute approximate surface area is 490 Å². The summed E-state index contributed by atoms with van der Waals surface area (Å²) in [5, 5.41) is 152. The molecule has 492 valence electrons. The highest BCUT2D eigenvalue weighted by atomic mass is 16.8. The number of carbonyl (C=O) groups excluding carboxylic acids is 5. The molecule has 4 heterocycles. The van der Waals surface area contributed by atoms with Gasteiger partial charge in [0.1, 0.15) is 149 Å². The van der Waals surface area contributed by atoms with E-state index in [0.717, 1.165) is 0 Å². The summed E-state index contributed by atoms with van der Waals surface area (Å²) in [5.74, 6) is -2.74. The first-order valence-corrected chi connectivity index (χ1v) is 27.3. The van der Waals surface area contributed by atoms with E-state index in [-0.39, 0.29) is 82.5 Å². The molecule has 4 aliphatic heterocycles. The molecule has 0 spiro atoms. The quantitative estimate of drug-likeness (QED) is 0.0222. The first-order valence-electron chi connectivity index (χ1n) is 27.3. The summed E-state index contributed by atoms with van der Waals surface area (Å²) in [6.45, 7) is -5.30. The van der Waals surface area contributed by atoms with Crippen molar-refractivity contribution in [2.24, 2.45) is 0 Å². The van der Waals surface area contributed by atoms with Gasteiger partial charge in [-0.1, -0.05) is 0 Å². The molecule has 4 aliphatic rings. The molecule has 1 aromatic carbocycles. The number of benzene rings is 1. The van der Waals surface area contributed by atoms with Crippen molar-refractivity contribution in [1.29, 1.82) is 0 Å². The van der Waals surface area contributed by atoms with Gasteiger partial charge < -0.3 is 154 Å². The second kappa shape index (κ2) is 36.6. The molecule has 36 heteroatoms. The Morgan fingerprint density at radius 3 is 1.10 bits per heavy atom. The van der Waals surface area contributed by atoms with Crippen LogP contribution in [-0.2, 0) is 71.3 Å². The predicted molar refractivity (Wildman–Crippen MR) is 276 cm³/mol. The predicted octanol–water partition coefficient (Wildman–Crippen LogP) is -11.2. The Kier molecular flexibility index (Phi) is 30.7. The van der Waals surface area contributed by atoms with Crippen LogP contribution in [0.15, 0.2) is 18.2 Å². The minimum atomic E-state index is -1.82. The molecule has 0 aliphatic carbocycles. The monoisotopic (exact) mass is 1250 g/mol. The highest BCUT2D eigenvalue weighted by Gasteiger charge is 2.52. The van der Waals surface area contributed by atoms with Gasteiger partial charge in [-0.3, -0.25) is 19.2 Å². The third kappa shape index (κ3) is 21.2. The molecule has 1 aromatic rings. The summed E-state index contributed by atoms with van der Waals surface area (Å²) in [6.07, 6.45) is -31.8. The van der Waals surface area contributed by atoms with Crippen LogP contribution in [0.5, 0.6) is 11.5 Å². The van der Waals surface area contributed by atoms with Gasteiger partial charge in [0.15, 0.2) is 25.2 Å². The summed E-state index contributed by atoms with van der Waals surface area (Å²) < 4.78 is 70.1. The van der Waals surface area contributed by atoms with Crippen LogP contribution in [0.3, 0.4) is 0 Å². The van der Waals surface area contributed by atoms with Crippen molar-refractivity contribution in [3.05, 3.63) is 23.8 Å². The van der Waals surface area contributed by atoms with E-state index < -0.39 is 205 Å². The number of esters is 1. The van der Waals surface area contributed by atoms with Gasteiger partial charge in [-0.25, -0.2) is 4.79 Å². The van der Waals surface area contributed by atoms with Crippen LogP contribution in [-0.4, -0.2) is 336 Å². The van der Waals surface area contributed by atoms with Crippen molar-refractivity contribution in [3.8, 4) is 11.5 Å². The number of amides is 4. The summed E-state index contributed by atoms with van der Waals surface area (Å²) in [7, 11) is 1.17. The lowest BCUT2D eigenvalue weighted by atomic mass is 9.97. The van der Waals surface area contributed by atoms with E-state index in [4.69, 9.17) is 61.6 Å². The Morgan fingerprint density at radius 1 is 0.419 bits per heavy atom. The first-order chi connectivity index (χ1) is 41.2. The zero-order valence-corrected chi connectivity index (χ0v) is 46.6. The summed E-state index contributed by atoms with van der Waals surface area (Å²) in [5.41, 5.74) is 0.0605. The lowest BCUT2D eigenvalue weighted by molar-refractivity contribution is -0.359. The van der Waals surface area contributed by atoms with Gasteiger partial charge in [-0.15, -0.1) is 0 Å². The molecular formula is C50H80N4O32. The lowest BCUT2D eigenvalue weighted by Crippen LogP contribution is -2.64. The average Bonchev–Trinajstić information content (AvgIpc) is 1.58. The summed E-state index contributed by atoms with van der Waals surface area (Å²) in [4.78, 5) is 61.6. The number of rotatable bonds is 35. The standard InChI is InChI=1S/C50H80N4O32/c1-74-46(73)23-12-24(77-10-6-53-32(61)21-75-19-30(59)51-4-2-8-79-47-42(71)38(67)44(28(17-57)83-47)85-49-40(69)36(65)34(63)26(15-55)81-49)14-25(13-23)78-11-7-54-33(62)22-76-20-31(60)52-5-3-9-80-48-43(72)39(68)45(29(18-58)84-48)86-50-41(70)37(66)35(64)27(16-56)82-50/h12-14,26-29,34-45,47-50,55-58,63-72H,2-11,15-22H2,1H3,(H,51,59)(H,52,60)(H,53,61)(H,54,62)/t26-,27-,28-,29-,34+,35+,36+,37+,38-,39-,40-,41-,42-,43-,44+,45+,47-,48-,49-,50-/m1/s1. The van der Waals surface area contributed by atoms with E-state index in [9.17, 15) is 95.5 Å².